The maximum Gasteiger partial charge on any atom is 0.401 e. The number of alkyl halides is 3. The van der Waals surface area contributed by atoms with E-state index in [-0.39, 0.29) is 31.0 Å². The number of piperidine rings is 1. The SMILES string of the molecule is Cc1cn2nc([C@@H]3CCCCN3C(=O)C(CCN)NCC(F)(F)F)cc2nc1N1CC[C@H](N)C1. The van der Waals surface area contributed by atoms with E-state index in [4.69, 9.17) is 21.5 Å². The number of anilines is 1. The van der Waals surface area contributed by atoms with Gasteiger partial charge in [0.1, 0.15) is 5.82 Å². The van der Waals surface area contributed by atoms with Gasteiger partial charge in [-0.3, -0.25) is 10.1 Å². The van der Waals surface area contributed by atoms with Crippen LogP contribution in [0.5, 0.6) is 0 Å². The lowest BCUT2D eigenvalue weighted by Gasteiger charge is -2.37. The van der Waals surface area contributed by atoms with Gasteiger partial charge in [-0.25, -0.2) is 9.50 Å². The molecule has 1 amide bonds. The van der Waals surface area contributed by atoms with Gasteiger partial charge in [-0.2, -0.15) is 18.3 Å². The molecule has 3 atom stereocenters. The number of carbonyl (C=O) groups is 1. The molecule has 4 heterocycles. The van der Waals surface area contributed by atoms with Crippen molar-refractivity contribution in [1.82, 2.24) is 24.8 Å². The van der Waals surface area contributed by atoms with E-state index in [0.717, 1.165) is 43.7 Å². The third-order valence-corrected chi connectivity index (χ3v) is 6.58. The lowest BCUT2D eigenvalue weighted by molar-refractivity contribution is -0.141. The first-order chi connectivity index (χ1) is 16.2. The van der Waals surface area contributed by atoms with E-state index in [1.165, 1.54) is 0 Å². The Kier molecular flexibility index (Phi) is 7.29. The molecule has 0 bridgehead atoms. The number of rotatable bonds is 7. The summed E-state index contributed by atoms with van der Waals surface area (Å²) >= 11 is 0. The maximum atomic E-state index is 13.3. The molecule has 2 aromatic heterocycles. The van der Waals surface area contributed by atoms with Crippen LogP contribution in [0.3, 0.4) is 0 Å². The highest BCUT2D eigenvalue weighted by Gasteiger charge is 2.36. The number of fused-ring (bicyclic) bond motifs is 1. The Hall–Kier alpha value is -2.44. The van der Waals surface area contributed by atoms with Crippen LogP contribution >= 0.6 is 0 Å². The summed E-state index contributed by atoms with van der Waals surface area (Å²) in [5.41, 5.74) is 14.0. The van der Waals surface area contributed by atoms with Crippen LogP contribution < -0.4 is 21.7 Å². The van der Waals surface area contributed by atoms with Crippen molar-refractivity contribution in [3.05, 3.63) is 23.5 Å². The second kappa shape index (κ2) is 10.0. The molecular formula is C22H33F3N8O. The number of amides is 1. The molecule has 0 saturated carbocycles. The number of hydrogen-bond donors (Lipinski definition) is 3. The number of halogens is 3. The number of nitrogens with one attached hydrogen (secondary N) is 1. The highest BCUT2D eigenvalue weighted by Crippen LogP contribution is 2.32. The summed E-state index contributed by atoms with van der Waals surface area (Å²) in [4.78, 5) is 21.9. The van der Waals surface area contributed by atoms with Gasteiger partial charge in [-0.05, 0) is 45.6 Å². The Labute approximate surface area is 196 Å². The molecule has 0 spiro atoms. The number of aryl methyl sites for hydroxylation is 1. The fraction of sp³-hybridized carbons (Fsp3) is 0.682. The van der Waals surface area contributed by atoms with Gasteiger partial charge in [-0.1, -0.05) is 0 Å². The second-order valence-electron chi connectivity index (χ2n) is 9.28. The van der Waals surface area contributed by atoms with Gasteiger partial charge in [-0.15, -0.1) is 0 Å². The predicted molar refractivity (Wildman–Crippen MR) is 122 cm³/mol. The fourth-order valence-electron chi connectivity index (χ4n) is 4.90. The molecule has 5 N–H and O–H groups in total. The average Bonchev–Trinajstić information content (AvgIpc) is 3.40. The molecule has 12 heteroatoms. The van der Waals surface area contributed by atoms with Crippen LogP contribution in [-0.4, -0.2) is 76.4 Å². The Balaban J connectivity index is 1.58. The minimum atomic E-state index is -4.41. The van der Waals surface area contributed by atoms with Gasteiger partial charge < -0.3 is 21.3 Å². The molecule has 2 aliphatic heterocycles. The zero-order chi connectivity index (χ0) is 24.5. The Morgan fingerprint density at radius 1 is 1.29 bits per heavy atom. The third-order valence-electron chi connectivity index (χ3n) is 6.58. The number of nitrogens with zero attached hydrogens (tertiary/aromatic N) is 5. The van der Waals surface area contributed by atoms with Crippen LogP contribution in [0.4, 0.5) is 19.0 Å². The summed E-state index contributed by atoms with van der Waals surface area (Å²) in [6.45, 7) is 2.93. The highest BCUT2D eigenvalue weighted by molar-refractivity contribution is 5.82. The molecule has 188 valence electrons. The number of nitrogens with two attached hydrogens (primary N) is 2. The van der Waals surface area contributed by atoms with Crippen molar-refractivity contribution < 1.29 is 18.0 Å². The second-order valence-corrected chi connectivity index (χ2v) is 9.28. The van der Waals surface area contributed by atoms with E-state index < -0.39 is 18.8 Å². The van der Waals surface area contributed by atoms with E-state index in [0.29, 0.717) is 24.3 Å². The lowest BCUT2D eigenvalue weighted by Crippen LogP contribution is -2.51. The zero-order valence-electron chi connectivity index (χ0n) is 19.4. The van der Waals surface area contributed by atoms with Crippen LogP contribution in [-0.2, 0) is 4.79 Å². The minimum absolute atomic E-state index is 0.111. The molecule has 1 unspecified atom stereocenters. The first kappa shape index (κ1) is 24.7. The highest BCUT2D eigenvalue weighted by atomic mass is 19.4. The molecule has 2 fully saturated rings. The zero-order valence-corrected chi connectivity index (χ0v) is 19.4. The Morgan fingerprint density at radius 2 is 2.09 bits per heavy atom. The van der Waals surface area contributed by atoms with Crippen LogP contribution in [0.15, 0.2) is 12.3 Å². The van der Waals surface area contributed by atoms with Crippen LogP contribution in [0, 0.1) is 6.92 Å². The van der Waals surface area contributed by atoms with Crippen molar-refractivity contribution in [2.45, 2.75) is 63.3 Å². The Bertz CT molecular complexity index is 1010. The average molecular weight is 483 g/mol. The van der Waals surface area contributed by atoms with Crippen LogP contribution in [0.25, 0.3) is 5.65 Å². The predicted octanol–water partition coefficient (Wildman–Crippen LogP) is 1.50. The Morgan fingerprint density at radius 3 is 2.76 bits per heavy atom. The fourth-order valence-corrected chi connectivity index (χ4v) is 4.90. The molecule has 2 aliphatic rings. The topological polar surface area (TPSA) is 118 Å². The monoisotopic (exact) mass is 482 g/mol. The molecule has 2 aromatic rings. The number of likely N-dealkylation sites (tertiary alicyclic amines) is 1. The van der Waals surface area contributed by atoms with Gasteiger partial charge in [0.2, 0.25) is 5.91 Å². The van der Waals surface area contributed by atoms with Gasteiger partial charge in [0, 0.05) is 43.5 Å². The van der Waals surface area contributed by atoms with Crippen LogP contribution in [0.1, 0.15) is 49.4 Å². The van der Waals surface area contributed by atoms with E-state index >= 15 is 0 Å². The standard InChI is InChI=1S/C22H33F3N8O/c1-14-11-33-19(29-20(14)31-9-6-15(27)12-31)10-17(30-33)18-4-2-3-8-32(18)21(34)16(5-7-26)28-13-22(23,24)25/h10-11,15-16,18,28H,2-9,12-13,26-27H2,1H3/t15-,16?,18-/m0/s1. The molecule has 34 heavy (non-hydrogen) atoms. The smallest absolute Gasteiger partial charge is 0.355 e. The van der Waals surface area contributed by atoms with Crippen molar-refractivity contribution in [3.63, 3.8) is 0 Å². The molecular weight excluding hydrogens is 449 g/mol. The minimum Gasteiger partial charge on any atom is -0.355 e. The summed E-state index contributed by atoms with van der Waals surface area (Å²) in [5, 5.41) is 7.05. The first-order valence-corrected chi connectivity index (χ1v) is 11.8. The lowest BCUT2D eigenvalue weighted by atomic mass is 9.97. The molecule has 0 radical (unpaired) electrons. The van der Waals surface area contributed by atoms with E-state index in [2.05, 4.69) is 10.2 Å². The summed E-state index contributed by atoms with van der Waals surface area (Å²) in [6.07, 6.45) is 0.952. The molecule has 0 aromatic carbocycles. The molecule has 2 saturated heterocycles. The summed E-state index contributed by atoms with van der Waals surface area (Å²) < 4.78 is 40.0. The molecule has 9 nitrogen and oxygen atoms in total. The van der Waals surface area contributed by atoms with Gasteiger partial charge in [0.15, 0.2) is 5.65 Å². The molecule has 0 aliphatic carbocycles. The molecule has 4 rings (SSSR count). The third kappa shape index (κ3) is 5.44. The summed E-state index contributed by atoms with van der Waals surface area (Å²) in [6, 6.07) is 0.693. The maximum absolute atomic E-state index is 13.3. The van der Waals surface area contributed by atoms with E-state index in [1.807, 2.05) is 19.2 Å². The van der Waals surface area contributed by atoms with E-state index in [1.54, 1.807) is 9.42 Å². The van der Waals surface area contributed by atoms with Crippen molar-refractivity contribution in [3.8, 4) is 0 Å². The summed E-state index contributed by atoms with van der Waals surface area (Å²) in [7, 11) is 0. The first-order valence-electron chi connectivity index (χ1n) is 11.8. The quantitative estimate of drug-likeness (QED) is 0.547. The van der Waals surface area contributed by atoms with Crippen molar-refractivity contribution in [2.75, 3.05) is 37.6 Å². The van der Waals surface area contributed by atoms with Gasteiger partial charge in [0.05, 0.1) is 24.3 Å². The number of aromatic nitrogens is 3. The van der Waals surface area contributed by atoms with Crippen molar-refractivity contribution in [1.29, 1.82) is 0 Å². The van der Waals surface area contributed by atoms with Crippen molar-refractivity contribution in [2.24, 2.45) is 11.5 Å². The number of hydrogen-bond acceptors (Lipinski definition) is 7. The van der Waals surface area contributed by atoms with Gasteiger partial charge in [0.25, 0.3) is 0 Å². The van der Waals surface area contributed by atoms with Gasteiger partial charge >= 0.3 is 6.18 Å². The normalized spacial score (nSPS) is 22.5. The van der Waals surface area contributed by atoms with Crippen LogP contribution in [0.2, 0.25) is 0 Å². The number of carbonyl (C=O) groups excluding carboxylic acids is 1. The van der Waals surface area contributed by atoms with E-state index in [9.17, 15) is 18.0 Å². The van der Waals surface area contributed by atoms with Crippen molar-refractivity contribution >= 4 is 17.4 Å². The summed E-state index contributed by atoms with van der Waals surface area (Å²) in [5.74, 6) is 0.509. The largest absolute Gasteiger partial charge is 0.401 e.